The van der Waals surface area contributed by atoms with Crippen LogP contribution in [-0.4, -0.2) is 19.2 Å². The van der Waals surface area contributed by atoms with Gasteiger partial charge in [-0.05, 0) is 30.0 Å². The normalized spacial score (nSPS) is 13.1. The molecule has 0 saturated heterocycles. The van der Waals surface area contributed by atoms with E-state index < -0.39 is 0 Å². The zero-order chi connectivity index (χ0) is 14.4. The summed E-state index contributed by atoms with van der Waals surface area (Å²) in [6, 6.07) is 7.03. The van der Waals surface area contributed by atoms with E-state index >= 15 is 0 Å². The summed E-state index contributed by atoms with van der Waals surface area (Å²) in [6.45, 7) is 14.9. The van der Waals surface area contributed by atoms with Crippen LogP contribution < -0.4 is 10.1 Å². The van der Waals surface area contributed by atoms with Gasteiger partial charge in [-0.1, -0.05) is 46.8 Å². The summed E-state index contributed by atoms with van der Waals surface area (Å²) in [6.07, 6.45) is 0. The van der Waals surface area contributed by atoms with Crippen molar-refractivity contribution in [3.63, 3.8) is 0 Å². The van der Waals surface area contributed by atoms with Crippen LogP contribution in [-0.2, 0) is 0 Å². The fourth-order valence-corrected chi connectivity index (χ4v) is 1.97. The van der Waals surface area contributed by atoms with Gasteiger partial charge >= 0.3 is 0 Å². The zero-order valence-electron chi connectivity index (χ0n) is 13.3. The van der Waals surface area contributed by atoms with Crippen molar-refractivity contribution in [2.45, 2.75) is 53.5 Å². The lowest BCUT2D eigenvalue weighted by Crippen LogP contribution is -2.30. The minimum absolute atomic E-state index is 0.500. The number of nitrogens with one attached hydrogen (secondary N) is 1. The van der Waals surface area contributed by atoms with E-state index in [4.69, 9.17) is 4.74 Å². The highest BCUT2D eigenvalue weighted by molar-refractivity contribution is 5.39. The number of rotatable bonds is 7. The molecule has 0 amide bonds. The van der Waals surface area contributed by atoms with Gasteiger partial charge in [-0.2, -0.15) is 0 Å². The Kier molecular flexibility index (Phi) is 6.36. The monoisotopic (exact) mass is 263 g/mol. The fourth-order valence-electron chi connectivity index (χ4n) is 1.97. The lowest BCUT2D eigenvalue weighted by molar-refractivity contribution is 0.250. The molecule has 0 radical (unpaired) electrons. The highest BCUT2D eigenvalue weighted by atomic mass is 16.5. The quantitative estimate of drug-likeness (QED) is 0.798. The minimum atomic E-state index is 0.500. The van der Waals surface area contributed by atoms with Crippen LogP contribution >= 0.6 is 0 Å². The summed E-state index contributed by atoms with van der Waals surface area (Å²) < 4.78 is 6.03. The average Bonchev–Trinajstić information content (AvgIpc) is 2.33. The van der Waals surface area contributed by atoms with E-state index in [2.05, 4.69) is 65.1 Å². The lowest BCUT2D eigenvalue weighted by Gasteiger charge is -2.19. The molecule has 0 saturated carbocycles. The van der Waals surface area contributed by atoms with Gasteiger partial charge in [-0.3, -0.25) is 0 Å². The maximum atomic E-state index is 6.03. The highest BCUT2D eigenvalue weighted by Crippen LogP contribution is 2.27. The van der Waals surface area contributed by atoms with Crippen LogP contribution in [0.1, 0.15) is 51.7 Å². The van der Waals surface area contributed by atoms with Crippen molar-refractivity contribution < 1.29 is 4.74 Å². The molecule has 1 aromatic rings. The molecule has 2 heteroatoms. The van der Waals surface area contributed by atoms with Crippen molar-refractivity contribution in [2.75, 3.05) is 13.2 Å². The molecule has 1 N–H and O–H groups in total. The summed E-state index contributed by atoms with van der Waals surface area (Å²) in [5.74, 6) is 2.06. The Bertz CT molecular complexity index is 385. The Labute approximate surface area is 118 Å². The van der Waals surface area contributed by atoms with Gasteiger partial charge in [0.25, 0.3) is 0 Å². The Morgan fingerprint density at radius 1 is 1.11 bits per heavy atom. The van der Waals surface area contributed by atoms with E-state index in [0.29, 0.717) is 17.9 Å². The van der Waals surface area contributed by atoms with E-state index in [1.165, 1.54) is 11.1 Å². The molecule has 0 aliphatic carbocycles. The molecular formula is C17H29NO. The van der Waals surface area contributed by atoms with Crippen LogP contribution in [0.2, 0.25) is 0 Å². The lowest BCUT2D eigenvalue weighted by atomic mass is 10.0. The third-order valence-corrected chi connectivity index (χ3v) is 3.19. The molecule has 19 heavy (non-hydrogen) atoms. The Balaban J connectivity index is 2.59. The number of hydrogen-bond donors (Lipinski definition) is 1. The van der Waals surface area contributed by atoms with Crippen molar-refractivity contribution in [1.29, 1.82) is 0 Å². The van der Waals surface area contributed by atoms with Crippen molar-refractivity contribution in [2.24, 2.45) is 5.92 Å². The first-order valence-corrected chi connectivity index (χ1v) is 7.36. The molecule has 1 atom stereocenters. The molecule has 0 fully saturated rings. The summed E-state index contributed by atoms with van der Waals surface area (Å²) in [5, 5.41) is 3.45. The predicted octanol–water partition coefficient (Wildman–Crippen LogP) is 4.13. The van der Waals surface area contributed by atoms with Crippen molar-refractivity contribution in [3.8, 4) is 5.75 Å². The highest BCUT2D eigenvalue weighted by Gasteiger charge is 2.10. The molecule has 0 aromatic heterocycles. The van der Waals surface area contributed by atoms with Gasteiger partial charge in [0.05, 0.1) is 6.61 Å². The molecule has 0 spiro atoms. The van der Waals surface area contributed by atoms with Gasteiger partial charge < -0.3 is 10.1 Å². The molecule has 0 aliphatic heterocycles. The minimum Gasteiger partial charge on any atom is -0.493 e. The van der Waals surface area contributed by atoms with Gasteiger partial charge in [-0.15, -0.1) is 0 Å². The summed E-state index contributed by atoms with van der Waals surface area (Å²) in [7, 11) is 0. The first-order valence-electron chi connectivity index (χ1n) is 7.36. The van der Waals surface area contributed by atoms with Crippen molar-refractivity contribution >= 4 is 0 Å². The summed E-state index contributed by atoms with van der Waals surface area (Å²) >= 11 is 0. The van der Waals surface area contributed by atoms with Gasteiger partial charge in [0.15, 0.2) is 0 Å². The molecule has 108 valence electrons. The molecule has 0 aliphatic rings. The third kappa shape index (κ3) is 5.65. The van der Waals surface area contributed by atoms with E-state index in [1.807, 2.05) is 0 Å². The third-order valence-electron chi connectivity index (χ3n) is 3.19. The first kappa shape index (κ1) is 16.0. The van der Waals surface area contributed by atoms with Crippen LogP contribution in [0.25, 0.3) is 0 Å². The van der Waals surface area contributed by atoms with Gasteiger partial charge in [0, 0.05) is 18.5 Å². The fraction of sp³-hybridized carbons (Fsp3) is 0.647. The molecular weight excluding hydrogens is 234 g/mol. The Morgan fingerprint density at radius 3 is 2.37 bits per heavy atom. The van der Waals surface area contributed by atoms with Crippen LogP contribution in [0, 0.1) is 12.8 Å². The molecule has 1 aromatic carbocycles. The number of aryl methyl sites for hydroxylation is 1. The van der Waals surface area contributed by atoms with Crippen LogP contribution in [0.3, 0.4) is 0 Å². The maximum absolute atomic E-state index is 6.03. The van der Waals surface area contributed by atoms with Crippen LogP contribution in [0.15, 0.2) is 18.2 Å². The topological polar surface area (TPSA) is 21.3 Å². The van der Waals surface area contributed by atoms with Gasteiger partial charge in [0.1, 0.15) is 5.75 Å². The van der Waals surface area contributed by atoms with E-state index in [0.717, 1.165) is 18.9 Å². The summed E-state index contributed by atoms with van der Waals surface area (Å²) in [4.78, 5) is 0. The predicted molar refractivity (Wildman–Crippen MR) is 83.1 cm³/mol. The second-order valence-electron chi connectivity index (χ2n) is 6.18. The number of benzene rings is 1. The number of hydrogen-bond acceptors (Lipinski definition) is 2. The molecule has 0 heterocycles. The molecule has 1 unspecified atom stereocenters. The Hall–Kier alpha value is -1.02. The SMILES string of the molecule is Cc1ccc(C(C)C)c(OCC(C)CNC(C)C)c1. The average molecular weight is 263 g/mol. The standard InChI is InChI=1S/C17H29NO/c1-12(2)16-8-7-14(5)9-17(16)19-11-15(6)10-18-13(3)4/h7-9,12-13,15,18H,10-11H2,1-6H3. The van der Waals surface area contributed by atoms with Gasteiger partial charge in [-0.25, -0.2) is 0 Å². The van der Waals surface area contributed by atoms with E-state index in [1.54, 1.807) is 0 Å². The zero-order valence-corrected chi connectivity index (χ0v) is 13.3. The van der Waals surface area contributed by atoms with Crippen molar-refractivity contribution in [3.05, 3.63) is 29.3 Å². The molecule has 1 rings (SSSR count). The second kappa shape index (κ2) is 7.54. The van der Waals surface area contributed by atoms with E-state index in [9.17, 15) is 0 Å². The molecule has 2 nitrogen and oxygen atoms in total. The van der Waals surface area contributed by atoms with Crippen LogP contribution in [0.5, 0.6) is 5.75 Å². The second-order valence-corrected chi connectivity index (χ2v) is 6.18. The van der Waals surface area contributed by atoms with Crippen LogP contribution in [0.4, 0.5) is 0 Å². The first-order chi connectivity index (χ1) is 8.90. The number of ether oxygens (including phenoxy) is 1. The van der Waals surface area contributed by atoms with E-state index in [-0.39, 0.29) is 0 Å². The van der Waals surface area contributed by atoms with Gasteiger partial charge in [0.2, 0.25) is 0 Å². The smallest absolute Gasteiger partial charge is 0.123 e. The largest absolute Gasteiger partial charge is 0.493 e. The summed E-state index contributed by atoms with van der Waals surface area (Å²) in [5.41, 5.74) is 2.56. The van der Waals surface area contributed by atoms with Crippen molar-refractivity contribution in [1.82, 2.24) is 5.32 Å². The maximum Gasteiger partial charge on any atom is 0.123 e. The molecule has 0 bridgehead atoms. The Morgan fingerprint density at radius 2 is 1.79 bits per heavy atom.